The monoisotopic (exact) mass is 266 g/mol. The Morgan fingerprint density at radius 3 is 2.33 bits per heavy atom. The smallest absolute Gasteiger partial charge is 0.146 e. The highest BCUT2D eigenvalue weighted by Crippen LogP contribution is 2.26. The molecule has 2 rings (SSSR count). The summed E-state index contributed by atoms with van der Waals surface area (Å²) in [6.07, 6.45) is 7.05. The summed E-state index contributed by atoms with van der Waals surface area (Å²) >= 11 is 1.52. The van der Waals surface area contributed by atoms with Crippen molar-refractivity contribution in [3.05, 3.63) is 30.1 Å². The highest BCUT2D eigenvalue weighted by atomic mass is 32.2. The summed E-state index contributed by atoms with van der Waals surface area (Å²) in [5.41, 5.74) is 0. The molecule has 0 saturated heterocycles. The normalized spacial score (nSPS) is 17.4. The third kappa shape index (κ3) is 4.13. The van der Waals surface area contributed by atoms with Gasteiger partial charge in [0.1, 0.15) is 11.6 Å². The lowest BCUT2D eigenvalue weighted by Gasteiger charge is -2.12. The van der Waals surface area contributed by atoms with E-state index in [1.54, 1.807) is 12.1 Å². The van der Waals surface area contributed by atoms with E-state index in [2.05, 4.69) is 0 Å². The molecule has 1 nitrogen and oxygen atoms in total. The molecule has 0 atom stereocenters. The number of rotatable bonds is 4. The molecule has 3 heteroatoms. The van der Waals surface area contributed by atoms with Gasteiger partial charge in [-0.2, -0.15) is 0 Å². The minimum Gasteiger partial charge on any atom is -0.298 e. The van der Waals surface area contributed by atoms with Crippen LogP contribution in [0.4, 0.5) is 4.39 Å². The van der Waals surface area contributed by atoms with E-state index in [1.165, 1.54) is 49.6 Å². The molecule has 1 fully saturated rings. The number of benzene rings is 1. The van der Waals surface area contributed by atoms with Crippen LogP contribution in [0.5, 0.6) is 0 Å². The van der Waals surface area contributed by atoms with Gasteiger partial charge in [-0.05, 0) is 37.1 Å². The summed E-state index contributed by atoms with van der Waals surface area (Å²) < 4.78 is 12.7. The third-order valence-corrected chi connectivity index (χ3v) is 4.54. The Bertz CT molecular complexity index is 380. The van der Waals surface area contributed by atoms with Crippen molar-refractivity contribution in [2.75, 3.05) is 5.75 Å². The van der Waals surface area contributed by atoms with Crippen LogP contribution < -0.4 is 0 Å². The standard InChI is InChI=1S/C15H19FOS/c16-13-7-9-14(10-8-13)18-11-15(17)12-5-3-1-2-4-6-12/h7-10,12H,1-6,11H2. The molecular formula is C15H19FOS. The van der Waals surface area contributed by atoms with Gasteiger partial charge in [-0.15, -0.1) is 11.8 Å². The van der Waals surface area contributed by atoms with Gasteiger partial charge in [0.05, 0.1) is 5.75 Å². The van der Waals surface area contributed by atoms with Crippen molar-refractivity contribution in [1.82, 2.24) is 0 Å². The molecule has 1 aromatic rings. The third-order valence-electron chi connectivity index (χ3n) is 3.51. The van der Waals surface area contributed by atoms with Crippen LogP contribution in [0.25, 0.3) is 0 Å². The second-order valence-corrected chi connectivity index (χ2v) is 5.95. The van der Waals surface area contributed by atoms with Crippen LogP contribution in [-0.2, 0) is 4.79 Å². The first-order chi connectivity index (χ1) is 8.75. The zero-order valence-corrected chi connectivity index (χ0v) is 11.3. The maximum Gasteiger partial charge on any atom is 0.146 e. The molecule has 1 aliphatic rings. The van der Waals surface area contributed by atoms with E-state index in [9.17, 15) is 9.18 Å². The van der Waals surface area contributed by atoms with Gasteiger partial charge in [0.2, 0.25) is 0 Å². The van der Waals surface area contributed by atoms with Gasteiger partial charge >= 0.3 is 0 Å². The van der Waals surface area contributed by atoms with E-state index in [4.69, 9.17) is 0 Å². The van der Waals surface area contributed by atoms with Gasteiger partial charge < -0.3 is 0 Å². The molecule has 0 unspecified atom stereocenters. The molecule has 0 amide bonds. The molecule has 1 saturated carbocycles. The van der Waals surface area contributed by atoms with E-state index in [-0.39, 0.29) is 11.7 Å². The quantitative estimate of drug-likeness (QED) is 0.591. The maximum absolute atomic E-state index is 12.7. The number of halogens is 1. The first-order valence-corrected chi connectivity index (χ1v) is 7.65. The van der Waals surface area contributed by atoms with E-state index < -0.39 is 0 Å². The van der Waals surface area contributed by atoms with Gasteiger partial charge in [-0.3, -0.25) is 4.79 Å². The Kier molecular flexibility index (Phi) is 5.24. The predicted molar refractivity (Wildman–Crippen MR) is 73.3 cm³/mol. The second kappa shape index (κ2) is 6.93. The topological polar surface area (TPSA) is 17.1 Å². The van der Waals surface area contributed by atoms with Crippen LogP contribution in [0, 0.1) is 11.7 Å². The summed E-state index contributed by atoms with van der Waals surface area (Å²) in [4.78, 5) is 13.1. The van der Waals surface area contributed by atoms with Gasteiger partial charge in [-0.1, -0.05) is 25.7 Å². The molecule has 0 spiro atoms. The molecule has 0 aliphatic heterocycles. The Labute approximate surface area is 112 Å². The molecule has 98 valence electrons. The lowest BCUT2D eigenvalue weighted by molar-refractivity contribution is -0.120. The SMILES string of the molecule is O=C(CSc1ccc(F)cc1)C1CCCCCC1. The Morgan fingerprint density at radius 1 is 1.11 bits per heavy atom. The highest BCUT2D eigenvalue weighted by Gasteiger charge is 2.19. The average molecular weight is 266 g/mol. The van der Waals surface area contributed by atoms with Gasteiger partial charge in [0.25, 0.3) is 0 Å². The second-order valence-electron chi connectivity index (χ2n) is 4.90. The minimum absolute atomic E-state index is 0.227. The molecule has 0 heterocycles. The molecule has 18 heavy (non-hydrogen) atoms. The number of ketones is 1. The molecule has 0 radical (unpaired) electrons. The summed E-state index contributed by atoms with van der Waals surface area (Å²) in [5.74, 6) is 0.928. The van der Waals surface area contributed by atoms with E-state index in [0.717, 1.165) is 17.7 Å². The van der Waals surface area contributed by atoms with Crippen LogP contribution >= 0.6 is 11.8 Å². The molecule has 0 N–H and O–H groups in total. The number of carbonyl (C=O) groups excluding carboxylic acids is 1. The van der Waals surface area contributed by atoms with Crippen LogP contribution in [0.1, 0.15) is 38.5 Å². The fraction of sp³-hybridized carbons (Fsp3) is 0.533. The van der Waals surface area contributed by atoms with Crippen molar-refractivity contribution in [3.63, 3.8) is 0 Å². The minimum atomic E-state index is -0.227. The average Bonchev–Trinajstić information content (AvgIpc) is 2.66. The first kappa shape index (κ1) is 13.6. The number of hydrogen-bond donors (Lipinski definition) is 0. The largest absolute Gasteiger partial charge is 0.298 e. The Hall–Kier alpha value is -0.830. The zero-order chi connectivity index (χ0) is 12.8. The summed E-state index contributed by atoms with van der Waals surface area (Å²) in [6.45, 7) is 0. The van der Waals surface area contributed by atoms with Crippen LogP contribution in [0.3, 0.4) is 0 Å². The van der Waals surface area contributed by atoms with Crippen molar-refractivity contribution in [2.45, 2.75) is 43.4 Å². The van der Waals surface area contributed by atoms with Crippen molar-refractivity contribution in [2.24, 2.45) is 5.92 Å². The van der Waals surface area contributed by atoms with Crippen molar-refractivity contribution in [3.8, 4) is 0 Å². The number of carbonyl (C=O) groups is 1. The first-order valence-electron chi connectivity index (χ1n) is 6.67. The Morgan fingerprint density at radius 2 is 1.72 bits per heavy atom. The summed E-state index contributed by atoms with van der Waals surface area (Å²) in [7, 11) is 0. The molecule has 1 aromatic carbocycles. The fourth-order valence-corrected chi connectivity index (χ4v) is 3.28. The van der Waals surface area contributed by atoms with Crippen LogP contribution in [0.2, 0.25) is 0 Å². The maximum atomic E-state index is 12.7. The summed E-state index contributed by atoms with van der Waals surface area (Å²) in [5, 5.41) is 0. The number of Topliss-reactive ketones (excluding diaryl/α,β-unsaturated/α-hetero) is 1. The molecule has 1 aliphatic carbocycles. The number of hydrogen-bond acceptors (Lipinski definition) is 2. The van der Waals surface area contributed by atoms with E-state index in [1.807, 2.05) is 0 Å². The summed E-state index contributed by atoms with van der Waals surface area (Å²) in [6, 6.07) is 6.36. The molecular weight excluding hydrogens is 247 g/mol. The highest BCUT2D eigenvalue weighted by molar-refractivity contribution is 8.00. The predicted octanol–water partition coefficient (Wildman–Crippen LogP) is 4.46. The Balaban J connectivity index is 1.81. The van der Waals surface area contributed by atoms with E-state index >= 15 is 0 Å². The van der Waals surface area contributed by atoms with Crippen molar-refractivity contribution >= 4 is 17.5 Å². The van der Waals surface area contributed by atoms with Crippen LogP contribution in [-0.4, -0.2) is 11.5 Å². The van der Waals surface area contributed by atoms with E-state index in [0.29, 0.717) is 11.5 Å². The number of thioether (sulfide) groups is 1. The van der Waals surface area contributed by atoms with Gasteiger partial charge in [-0.25, -0.2) is 4.39 Å². The van der Waals surface area contributed by atoms with Gasteiger partial charge in [0.15, 0.2) is 0 Å². The molecule has 0 aromatic heterocycles. The van der Waals surface area contributed by atoms with Crippen molar-refractivity contribution < 1.29 is 9.18 Å². The van der Waals surface area contributed by atoms with Crippen molar-refractivity contribution in [1.29, 1.82) is 0 Å². The molecule has 0 bridgehead atoms. The van der Waals surface area contributed by atoms with Crippen LogP contribution in [0.15, 0.2) is 29.2 Å². The fourth-order valence-electron chi connectivity index (χ4n) is 2.40. The van der Waals surface area contributed by atoms with Gasteiger partial charge in [0, 0.05) is 10.8 Å². The zero-order valence-electron chi connectivity index (χ0n) is 10.5. The lowest BCUT2D eigenvalue weighted by atomic mass is 9.96. The lowest BCUT2D eigenvalue weighted by Crippen LogP contribution is -2.15.